The fraction of sp³-hybridized carbons (Fsp3) is 0.440. The summed E-state index contributed by atoms with van der Waals surface area (Å²) in [5.74, 6) is 0.352. The number of ether oxygens (including phenoxy) is 2. The molecule has 0 aromatic heterocycles. The molecule has 0 unspecified atom stereocenters. The summed E-state index contributed by atoms with van der Waals surface area (Å²) < 4.78 is 10.6. The highest BCUT2D eigenvalue weighted by atomic mass is 16.5. The van der Waals surface area contributed by atoms with Crippen molar-refractivity contribution in [3.8, 4) is 5.75 Å². The minimum Gasteiger partial charge on any atom is -0.493 e. The molecule has 0 heterocycles. The van der Waals surface area contributed by atoms with Crippen molar-refractivity contribution in [2.24, 2.45) is 0 Å². The fourth-order valence-electron chi connectivity index (χ4n) is 2.85. The van der Waals surface area contributed by atoms with Gasteiger partial charge >= 0.3 is 5.97 Å². The van der Waals surface area contributed by atoms with Gasteiger partial charge in [-0.3, -0.25) is 9.59 Å². The minimum atomic E-state index is -0.469. The maximum absolute atomic E-state index is 12.0. The number of benzene rings is 2. The van der Waals surface area contributed by atoms with Crippen molar-refractivity contribution in [2.75, 3.05) is 18.5 Å². The minimum absolute atomic E-state index is 0.0813. The van der Waals surface area contributed by atoms with Crippen molar-refractivity contribution in [3.05, 3.63) is 59.7 Å². The van der Waals surface area contributed by atoms with E-state index in [4.69, 9.17) is 9.47 Å². The van der Waals surface area contributed by atoms with Gasteiger partial charge in [0.1, 0.15) is 5.75 Å². The Morgan fingerprint density at radius 3 is 2.20 bits per heavy atom. The molecule has 162 valence electrons. The first-order valence-corrected chi connectivity index (χ1v) is 10.5. The zero-order valence-electron chi connectivity index (χ0n) is 18.7. The molecule has 30 heavy (non-hydrogen) atoms. The van der Waals surface area contributed by atoms with Gasteiger partial charge in [-0.05, 0) is 53.1 Å². The molecule has 0 aliphatic heterocycles. The van der Waals surface area contributed by atoms with E-state index in [1.54, 1.807) is 0 Å². The highest BCUT2D eigenvalue weighted by Gasteiger charge is 2.13. The predicted molar refractivity (Wildman–Crippen MR) is 120 cm³/mol. The highest BCUT2D eigenvalue weighted by Crippen LogP contribution is 2.24. The van der Waals surface area contributed by atoms with Gasteiger partial charge in [0.2, 0.25) is 0 Å². The van der Waals surface area contributed by atoms with Crippen LogP contribution >= 0.6 is 0 Å². The lowest BCUT2D eigenvalue weighted by Gasteiger charge is -2.19. The van der Waals surface area contributed by atoms with Crippen molar-refractivity contribution in [1.82, 2.24) is 0 Å². The average molecular weight is 412 g/mol. The van der Waals surface area contributed by atoms with Crippen molar-refractivity contribution in [2.45, 2.75) is 58.8 Å². The first kappa shape index (κ1) is 23.5. The molecule has 2 aromatic carbocycles. The molecule has 0 radical (unpaired) electrons. The number of anilines is 1. The summed E-state index contributed by atoms with van der Waals surface area (Å²) in [6.45, 7) is 10.6. The van der Waals surface area contributed by atoms with Gasteiger partial charge in [0.05, 0.1) is 13.0 Å². The third-order valence-electron chi connectivity index (χ3n) is 5.04. The summed E-state index contributed by atoms with van der Waals surface area (Å²) in [5, 5.41) is 2.73. The van der Waals surface area contributed by atoms with E-state index in [-0.39, 0.29) is 31.0 Å². The molecular weight excluding hydrogens is 378 g/mol. The Kier molecular flexibility index (Phi) is 8.46. The second kappa shape index (κ2) is 10.8. The zero-order chi connectivity index (χ0) is 22.1. The first-order chi connectivity index (χ1) is 14.2. The predicted octanol–water partition coefficient (Wildman–Crippen LogP) is 5.45. The first-order valence-electron chi connectivity index (χ1n) is 10.5. The molecule has 2 rings (SSSR count). The van der Waals surface area contributed by atoms with Crippen LogP contribution in [0, 0.1) is 0 Å². The molecule has 2 aromatic rings. The summed E-state index contributed by atoms with van der Waals surface area (Å²) in [5.41, 5.74) is 3.22. The van der Waals surface area contributed by atoms with Gasteiger partial charge in [-0.1, -0.05) is 58.9 Å². The summed E-state index contributed by atoms with van der Waals surface area (Å²) in [6.07, 6.45) is 1.14. The van der Waals surface area contributed by atoms with Gasteiger partial charge < -0.3 is 14.8 Å². The summed E-state index contributed by atoms with van der Waals surface area (Å²) >= 11 is 0. The van der Waals surface area contributed by atoms with Gasteiger partial charge in [-0.25, -0.2) is 0 Å². The van der Waals surface area contributed by atoms with Gasteiger partial charge in [0, 0.05) is 5.69 Å². The molecule has 5 nitrogen and oxygen atoms in total. The molecule has 0 saturated carbocycles. The number of esters is 1. The lowest BCUT2D eigenvalue weighted by Crippen LogP contribution is -2.21. The summed E-state index contributed by atoms with van der Waals surface area (Å²) in [7, 11) is 0. The topological polar surface area (TPSA) is 64.6 Å². The number of rotatable bonds is 9. The van der Waals surface area contributed by atoms with Crippen LogP contribution in [0.1, 0.15) is 64.5 Å². The molecule has 1 atom stereocenters. The lowest BCUT2D eigenvalue weighted by atomic mass is 9.87. The Bertz CT molecular complexity index is 820. The van der Waals surface area contributed by atoms with Crippen molar-refractivity contribution in [3.63, 3.8) is 0 Å². The Balaban J connectivity index is 1.68. The van der Waals surface area contributed by atoms with E-state index in [0.29, 0.717) is 17.4 Å². The van der Waals surface area contributed by atoms with Crippen molar-refractivity contribution in [1.29, 1.82) is 0 Å². The number of nitrogens with one attached hydrogen (secondary N) is 1. The Morgan fingerprint density at radius 2 is 1.63 bits per heavy atom. The van der Waals surface area contributed by atoms with Crippen molar-refractivity contribution < 1.29 is 19.1 Å². The second-order valence-corrected chi connectivity index (χ2v) is 8.51. The monoisotopic (exact) mass is 411 g/mol. The van der Waals surface area contributed by atoms with Gasteiger partial charge in [-0.15, -0.1) is 0 Å². The van der Waals surface area contributed by atoms with Crippen LogP contribution in [0.5, 0.6) is 5.75 Å². The fourth-order valence-corrected chi connectivity index (χ4v) is 2.85. The summed E-state index contributed by atoms with van der Waals surface area (Å²) in [6, 6.07) is 15.6. The SMILES string of the molecule is CC[C@H](C)c1ccc(NC(=O)COC(=O)CCOc2ccc(C(C)(C)C)cc2)cc1. The smallest absolute Gasteiger partial charge is 0.309 e. The molecule has 0 saturated heterocycles. The normalized spacial score (nSPS) is 12.2. The lowest BCUT2D eigenvalue weighted by molar-refractivity contribution is -0.147. The van der Waals surface area contributed by atoms with Crippen LogP contribution in [0.2, 0.25) is 0 Å². The van der Waals surface area contributed by atoms with E-state index in [1.807, 2.05) is 48.5 Å². The molecule has 0 bridgehead atoms. The molecule has 1 amide bonds. The molecule has 1 N–H and O–H groups in total. The third-order valence-corrected chi connectivity index (χ3v) is 5.04. The van der Waals surface area contributed by atoms with Gasteiger partial charge in [-0.2, -0.15) is 0 Å². The van der Waals surface area contributed by atoms with Crippen LogP contribution in [-0.2, 0) is 19.7 Å². The maximum atomic E-state index is 12.0. The van der Waals surface area contributed by atoms with E-state index in [1.165, 1.54) is 11.1 Å². The largest absolute Gasteiger partial charge is 0.493 e. The van der Waals surface area contributed by atoms with E-state index in [2.05, 4.69) is 39.9 Å². The van der Waals surface area contributed by atoms with Gasteiger partial charge in [0.25, 0.3) is 5.91 Å². The van der Waals surface area contributed by atoms with Crippen LogP contribution in [0.25, 0.3) is 0 Å². The Hall–Kier alpha value is -2.82. The number of carbonyl (C=O) groups excluding carboxylic acids is 2. The van der Waals surface area contributed by atoms with Crippen LogP contribution < -0.4 is 10.1 Å². The molecule has 0 aliphatic carbocycles. The van der Waals surface area contributed by atoms with Crippen LogP contribution in [-0.4, -0.2) is 25.1 Å². The number of hydrogen-bond donors (Lipinski definition) is 1. The second-order valence-electron chi connectivity index (χ2n) is 8.51. The number of hydrogen-bond acceptors (Lipinski definition) is 4. The van der Waals surface area contributed by atoms with E-state index in [0.717, 1.165) is 6.42 Å². The third kappa shape index (κ3) is 7.54. The Morgan fingerprint density at radius 1 is 1.00 bits per heavy atom. The number of carbonyl (C=O) groups is 2. The standard InChI is InChI=1S/C25H33NO4/c1-6-18(2)19-7-11-21(12-8-19)26-23(27)17-30-24(28)15-16-29-22-13-9-20(10-14-22)25(3,4)5/h7-14,18H,6,15-17H2,1-5H3,(H,26,27)/t18-/m0/s1. The molecule has 0 fully saturated rings. The molecule has 0 spiro atoms. The van der Waals surface area contributed by atoms with Crippen LogP contribution in [0.15, 0.2) is 48.5 Å². The highest BCUT2D eigenvalue weighted by molar-refractivity contribution is 5.92. The van der Waals surface area contributed by atoms with Crippen LogP contribution in [0.3, 0.4) is 0 Å². The maximum Gasteiger partial charge on any atom is 0.309 e. The Labute approximate surface area is 179 Å². The average Bonchev–Trinajstić information content (AvgIpc) is 2.72. The van der Waals surface area contributed by atoms with E-state index in [9.17, 15) is 9.59 Å². The van der Waals surface area contributed by atoms with E-state index >= 15 is 0 Å². The van der Waals surface area contributed by atoms with Gasteiger partial charge in [0.15, 0.2) is 6.61 Å². The van der Waals surface area contributed by atoms with Crippen LogP contribution in [0.4, 0.5) is 5.69 Å². The quantitative estimate of drug-likeness (QED) is 0.557. The molecule has 0 aliphatic rings. The zero-order valence-corrected chi connectivity index (χ0v) is 18.7. The molecule has 5 heteroatoms. The number of amides is 1. The van der Waals surface area contributed by atoms with Crippen molar-refractivity contribution >= 4 is 17.6 Å². The summed E-state index contributed by atoms with van der Waals surface area (Å²) in [4.78, 5) is 23.8. The van der Waals surface area contributed by atoms with E-state index < -0.39 is 5.97 Å². The molecular formula is C25H33NO4.